The molecule has 24 rings (SSSR count). The summed E-state index contributed by atoms with van der Waals surface area (Å²) >= 11 is 18.0. The zero-order chi connectivity index (χ0) is 92.6. The van der Waals surface area contributed by atoms with Crippen LogP contribution in [-0.4, -0.2) is 167 Å². The molecule has 18 aromatic rings. The van der Waals surface area contributed by atoms with Crippen LogP contribution in [0.25, 0.3) is 100 Å². The van der Waals surface area contributed by atoms with E-state index in [1.165, 1.54) is 23.2 Å². The zero-order valence-corrected chi connectivity index (χ0v) is 77.5. The van der Waals surface area contributed by atoms with E-state index in [0.717, 1.165) is 295 Å². The minimum Gasteiger partial charge on any atom is -0.381 e. The van der Waals surface area contributed by atoms with Crippen molar-refractivity contribution in [3.8, 4) is 56.9 Å². The Kier molecular flexibility index (Phi) is 29.7. The number of methoxy groups -OCH3 is 1. The maximum Gasteiger partial charge on any atom is 0.263 e. The van der Waals surface area contributed by atoms with Crippen molar-refractivity contribution in [1.29, 1.82) is 5.26 Å². The van der Waals surface area contributed by atoms with E-state index < -0.39 is 6.43 Å². The van der Waals surface area contributed by atoms with E-state index >= 15 is 0 Å². The molecule has 692 valence electrons. The molecule has 0 N–H and O–H groups in total. The normalized spacial score (nSPS) is 17.3. The van der Waals surface area contributed by atoms with Crippen molar-refractivity contribution in [3.05, 3.63) is 324 Å². The number of nitriles is 1. The van der Waals surface area contributed by atoms with Crippen LogP contribution >= 0.6 is 34.8 Å². The van der Waals surface area contributed by atoms with E-state index in [0.29, 0.717) is 47.2 Å². The summed E-state index contributed by atoms with van der Waals surface area (Å²) in [4.78, 5) is 40.3. The van der Waals surface area contributed by atoms with Gasteiger partial charge in [0.15, 0.2) is 0 Å². The number of hydrogen-bond donors (Lipinski definition) is 0. The van der Waals surface area contributed by atoms with Gasteiger partial charge >= 0.3 is 0 Å². The van der Waals surface area contributed by atoms with E-state index in [-0.39, 0.29) is 5.56 Å². The summed E-state index contributed by atoms with van der Waals surface area (Å²) in [5.74, 6) is 5.99. The third-order valence-electron chi connectivity index (χ3n) is 26.3. The predicted octanol–water partition coefficient (Wildman–Crippen LogP) is 23.0. The molecule has 1 unspecified atom stereocenters. The molecule has 0 radical (unpaired) electrons. The molecule has 17 heterocycles. The van der Waals surface area contributed by atoms with Gasteiger partial charge in [-0.05, 0) is 193 Å². The van der Waals surface area contributed by atoms with Crippen molar-refractivity contribution < 1.29 is 37.2 Å². The average Bonchev–Trinajstić information content (AvgIpc) is 1.67. The van der Waals surface area contributed by atoms with Gasteiger partial charge < -0.3 is 32.8 Å². The van der Waals surface area contributed by atoms with Crippen molar-refractivity contribution in [1.82, 2.24) is 87.4 Å². The average molecular weight is 1880 g/mol. The van der Waals surface area contributed by atoms with Crippen molar-refractivity contribution in [2.45, 2.75) is 132 Å². The lowest BCUT2D eigenvalue weighted by Crippen LogP contribution is -2.20. The van der Waals surface area contributed by atoms with E-state index in [9.17, 15) is 8.78 Å². The summed E-state index contributed by atoms with van der Waals surface area (Å²) in [6.07, 6.45) is 40.5. The van der Waals surface area contributed by atoms with Crippen LogP contribution in [0.15, 0.2) is 263 Å². The summed E-state index contributed by atoms with van der Waals surface area (Å²) in [6.45, 7) is 7.99. The second-order valence-corrected chi connectivity index (χ2v) is 36.0. The fourth-order valence-electron chi connectivity index (χ4n) is 19.0. The number of ether oxygens (including phenoxy) is 6. The Hall–Kier alpha value is -13.0. The molecule has 1 aliphatic carbocycles. The number of pyridine rings is 3. The number of halogens is 5. The quantitative estimate of drug-likeness (QED) is 0.0923. The summed E-state index contributed by atoms with van der Waals surface area (Å²) in [5.41, 5.74) is 18.9. The van der Waals surface area contributed by atoms with E-state index in [4.69, 9.17) is 98.7 Å². The monoisotopic (exact) mass is 1880 g/mol. The van der Waals surface area contributed by atoms with Crippen LogP contribution in [0.1, 0.15) is 165 Å². The molecule has 30 heteroatoms. The second-order valence-electron chi connectivity index (χ2n) is 34.7. The van der Waals surface area contributed by atoms with E-state index in [1.54, 1.807) is 42.5 Å². The predicted molar refractivity (Wildman–Crippen MR) is 522 cm³/mol. The highest BCUT2D eigenvalue weighted by Crippen LogP contribution is 2.41. The first kappa shape index (κ1) is 92.1. The first-order valence-corrected chi connectivity index (χ1v) is 47.6. The van der Waals surface area contributed by atoms with Gasteiger partial charge in [-0.3, -0.25) is 38.7 Å². The summed E-state index contributed by atoms with van der Waals surface area (Å²) in [5, 5.41) is 29.1. The van der Waals surface area contributed by atoms with Crippen LogP contribution < -0.4 is 0 Å². The lowest BCUT2D eigenvalue weighted by atomic mass is 9.87. The number of imidazole rings is 3. The van der Waals surface area contributed by atoms with Gasteiger partial charge in [0.05, 0.1) is 146 Å². The van der Waals surface area contributed by atoms with Crippen LogP contribution in [-0.2, 0) is 34.8 Å². The minimum absolute atomic E-state index is 0.0120. The molecular weight excluding hydrogens is 1780 g/mol. The van der Waals surface area contributed by atoms with Crippen LogP contribution in [0.5, 0.6) is 0 Å². The standard InChI is InChI=1S/C19H20ClN3O.C18H18ClN3O.C18H17F2N3O.C18H16N4O.C17H17N3O.C16H14ClN3O/c1-24-16-8-4-14(5-9-16)19-22-18(13-2-6-15(20)7-3-13)17-12-21-10-11-23(17)19;19-15-3-1-14(2-4-15)18-16-12-20-7-8-22(16)17(21-18)11-13-5-9-23-10-6-13;19-18(20)13-1-3-14(4-2-13)23-16-11-21-8-5-15(16)17(22-23)12-6-9-24-10-7-12;19-11-13-1-3-15(4-2-13)22-17-12-20-8-5-16(17)18(21-22)14-6-9-23-10-7-14;1-2-4-14(5-3-1)20-16-12-18-9-6-15(16)17(19-20)13-7-10-21-11-8-13;17-13-3-1-11(2-4-13)15-14-9-18-6-7-20(14)16(19-15)12-5-8-21-10-12/h2-3,6-7,10-12,14,16H,4-5,8-9H2,1H3;1-4,7-8,12-13H,5-6,9-11H2;1-5,8,11-12,18H,6-7,9-10H2;1-5,8,12,14H,6-7,9-10H2;1-6,9,12-13H,7-8,10-11H2;1-4,6-7,9,12H,5,8,10H2. The highest BCUT2D eigenvalue weighted by molar-refractivity contribution is 6.31. The Morgan fingerprint density at radius 2 is 0.735 bits per heavy atom. The zero-order valence-electron chi connectivity index (χ0n) is 75.3. The number of rotatable bonds is 15. The fraction of sp³-hybridized carbons (Fsp3) is 0.311. The Balaban J connectivity index is 0.000000105. The summed E-state index contributed by atoms with van der Waals surface area (Å²) < 4.78 is 70.6. The molecule has 12 aromatic heterocycles. The number of fused-ring (bicyclic) bond motifs is 6. The molecule has 6 fully saturated rings. The molecule has 136 heavy (non-hydrogen) atoms. The van der Waals surface area contributed by atoms with Crippen LogP contribution in [0.4, 0.5) is 8.78 Å². The first-order valence-electron chi connectivity index (χ1n) is 46.5. The Labute approximate surface area is 800 Å². The van der Waals surface area contributed by atoms with Gasteiger partial charge in [-0.15, -0.1) is 0 Å². The fourth-order valence-corrected chi connectivity index (χ4v) is 19.4. The largest absolute Gasteiger partial charge is 0.381 e. The van der Waals surface area contributed by atoms with Gasteiger partial charge in [0.2, 0.25) is 0 Å². The van der Waals surface area contributed by atoms with Crippen LogP contribution in [0, 0.1) is 17.2 Å². The molecule has 5 saturated heterocycles. The summed E-state index contributed by atoms with van der Waals surface area (Å²) in [7, 11) is 1.81. The number of alkyl halides is 2. The molecule has 0 bridgehead atoms. The maximum atomic E-state index is 12.8. The molecule has 6 aromatic carbocycles. The number of benzene rings is 6. The van der Waals surface area contributed by atoms with Gasteiger partial charge in [0, 0.05) is 212 Å². The lowest BCUT2D eigenvalue weighted by Gasteiger charge is -2.26. The van der Waals surface area contributed by atoms with Crippen molar-refractivity contribution in [3.63, 3.8) is 0 Å². The Morgan fingerprint density at radius 1 is 0.375 bits per heavy atom. The Morgan fingerprint density at radius 3 is 1.14 bits per heavy atom. The van der Waals surface area contributed by atoms with Gasteiger partial charge in [-0.1, -0.05) is 102 Å². The minimum atomic E-state index is -2.46. The first-order chi connectivity index (χ1) is 66.9. The van der Waals surface area contributed by atoms with Crippen molar-refractivity contribution in [2.24, 2.45) is 5.92 Å². The van der Waals surface area contributed by atoms with Crippen molar-refractivity contribution in [2.75, 3.05) is 73.2 Å². The van der Waals surface area contributed by atoms with Gasteiger partial charge in [-0.2, -0.15) is 20.6 Å². The van der Waals surface area contributed by atoms with Gasteiger partial charge in [-0.25, -0.2) is 37.8 Å². The van der Waals surface area contributed by atoms with Gasteiger partial charge in [0.25, 0.3) is 6.43 Å². The third-order valence-corrected chi connectivity index (χ3v) is 27.0. The molecular formula is C106H102Cl3F2N19O6. The van der Waals surface area contributed by atoms with Gasteiger partial charge in [0.1, 0.15) is 17.5 Å². The summed E-state index contributed by atoms with van der Waals surface area (Å²) in [6, 6.07) is 55.6. The molecule has 0 spiro atoms. The van der Waals surface area contributed by atoms with E-state index in [1.807, 2.05) is 211 Å². The van der Waals surface area contributed by atoms with E-state index in [2.05, 4.69) is 67.4 Å². The molecule has 1 atom stereocenters. The van der Waals surface area contributed by atoms with Crippen molar-refractivity contribution >= 4 is 84.1 Å². The highest BCUT2D eigenvalue weighted by Gasteiger charge is 2.31. The number of para-hydroxylation sites is 1. The number of nitrogens with zero attached hydrogens (tertiary/aromatic N) is 19. The SMILES string of the molecule is COC1CCC(c2nc(-c3ccc(Cl)cc3)c3cnccn23)CC1.Clc1ccc(-c2nc(C3CCOC3)n3ccncc23)cc1.Clc1ccc(-c2nc(CC3CCOCC3)n3ccncc23)cc1.FC(F)c1ccc(-n2nc(C3CCOCC3)c3ccncc32)cc1.N#Cc1ccc(-n2nc(C3CCOCC3)c3ccncc32)cc1.c1ccc(-n2nc(C3CCOCC3)c3ccncc32)cc1. The van der Waals surface area contributed by atoms with Crippen LogP contribution in [0.3, 0.4) is 0 Å². The lowest BCUT2D eigenvalue weighted by molar-refractivity contribution is 0.0650. The maximum absolute atomic E-state index is 12.8. The number of aromatic nitrogens is 18. The third kappa shape index (κ3) is 21.0. The molecule has 0 amide bonds. The molecule has 1 saturated carbocycles. The Bertz CT molecular complexity index is 7060. The molecule has 25 nitrogen and oxygen atoms in total. The topological polar surface area (TPSA) is 262 Å². The van der Waals surface area contributed by atoms with Crippen LogP contribution in [0.2, 0.25) is 15.1 Å². The smallest absolute Gasteiger partial charge is 0.263 e. The highest BCUT2D eigenvalue weighted by atomic mass is 35.5. The second kappa shape index (κ2) is 43.8. The molecule has 5 aliphatic heterocycles. The number of hydrogen-bond acceptors (Lipinski definition) is 19. The molecule has 6 aliphatic rings.